The third-order valence-corrected chi connectivity index (χ3v) is 6.28. The van der Waals surface area contributed by atoms with Gasteiger partial charge in [0, 0.05) is 11.4 Å². The quantitative estimate of drug-likeness (QED) is 0.390. The molecule has 3 aromatic carbocycles. The summed E-state index contributed by atoms with van der Waals surface area (Å²) in [6.45, 7) is 5.85. The number of imidazole rings is 1. The van der Waals surface area contributed by atoms with E-state index < -0.39 is 0 Å². The summed E-state index contributed by atoms with van der Waals surface area (Å²) < 4.78 is 2.06. The molecule has 4 aromatic rings. The van der Waals surface area contributed by atoms with Gasteiger partial charge in [-0.15, -0.1) is 0 Å². The second-order valence-electron chi connectivity index (χ2n) is 7.93. The standard InChI is InChI=1S/C26H26N4O2S/c1-17-11-13-20(14-12-17)30-22-10-5-4-9-21(22)28-26(30)33-16-24(32)27-15-23(31)29-25-18(2)7-6-8-19(25)3/h4-14H,15-16H2,1-3H3,(H,27,32)(H,29,31). The topological polar surface area (TPSA) is 76.0 Å². The van der Waals surface area contributed by atoms with E-state index in [4.69, 9.17) is 4.98 Å². The van der Waals surface area contributed by atoms with Crippen molar-refractivity contribution in [2.75, 3.05) is 17.6 Å². The smallest absolute Gasteiger partial charge is 0.243 e. The van der Waals surface area contributed by atoms with Gasteiger partial charge in [-0.1, -0.05) is 59.8 Å². The molecule has 0 atom stereocenters. The summed E-state index contributed by atoms with van der Waals surface area (Å²) in [5.41, 5.74) is 6.78. The summed E-state index contributed by atoms with van der Waals surface area (Å²) >= 11 is 1.35. The molecule has 1 heterocycles. The number of hydrogen-bond donors (Lipinski definition) is 2. The Bertz CT molecular complexity index is 1290. The molecule has 0 bridgehead atoms. The van der Waals surface area contributed by atoms with Crippen LogP contribution in [0.15, 0.2) is 71.9 Å². The third-order valence-electron chi connectivity index (χ3n) is 5.35. The Morgan fingerprint density at radius 3 is 2.30 bits per heavy atom. The molecule has 4 rings (SSSR count). The number of amides is 2. The molecule has 2 N–H and O–H groups in total. The molecule has 0 spiro atoms. The Labute approximate surface area is 197 Å². The Hall–Kier alpha value is -3.58. The normalized spacial score (nSPS) is 10.9. The largest absolute Gasteiger partial charge is 0.346 e. The van der Waals surface area contributed by atoms with Crippen LogP contribution in [0.25, 0.3) is 16.7 Å². The molecule has 0 aliphatic rings. The number of hydrogen-bond acceptors (Lipinski definition) is 4. The molecule has 0 unspecified atom stereocenters. The molecular formula is C26H26N4O2S. The zero-order chi connectivity index (χ0) is 23.4. The van der Waals surface area contributed by atoms with Crippen LogP contribution in [0.3, 0.4) is 0 Å². The molecule has 168 valence electrons. The van der Waals surface area contributed by atoms with Crippen molar-refractivity contribution >= 4 is 40.3 Å². The van der Waals surface area contributed by atoms with Gasteiger partial charge in [-0.2, -0.15) is 0 Å². The van der Waals surface area contributed by atoms with Gasteiger partial charge in [-0.05, 0) is 56.2 Å². The van der Waals surface area contributed by atoms with Crippen LogP contribution in [-0.4, -0.2) is 33.7 Å². The van der Waals surface area contributed by atoms with Gasteiger partial charge >= 0.3 is 0 Å². The van der Waals surface area contributed by atoms with Crippen molar-refractivity contribution < 1.29 is 9.59 Å². The maximum atomic E-state index is 12.5. The van der Waals surface area contributed by atoms with Gasteiger partial charge in [0.25, 0.3) is 0 Å². The van der Waals surface area contributed by atoms with Crippen LogP contribution in [0.1, 0.15) is 16.7 Å². The van der Waals surface area contributed by atoms with Crippen molar-refractivity contribution in [2.24, 2.45) is 0 Å². The molecule has 0 saturated heterocycles. The number of rotatable bonds is 7. The molecule has 7 heteroatoms. The van der Waals surface area contributed by atoms with Crippen LogP contribution in [0, 0.1) is 20.8 Å². The molecule has 1 aromatic heterocycles. The van der Waals surface area contributed by atoms with Gasteiger partial charge in [0.1, 0.15) is 0 Å². The minimum absolute atomic E-state index is 0.0818. The lowest BCUT2D eigenvalue weighted by atomic mass is 10.1. The molecule has 2 amide bonds. The lowest BCUT2D eigenvalue weighted by molar-refractivity contribution is -0.122. The highest BCUT2D eigenvalue weighted by molar-refractivity contribution is 7.99. The first-order chi connectivity index (χ1) is 15.9. The van der Waals surface area contributed by atoms with E-state index in [1.54, 1.807) is 0 Å². The minimum Gasteiger partial charge on any atom is -0.346 e. The molecule has 0 saturated carbocycles. The second-order valence-corrected chi connectivity index (χ2v) is 8.88. The Morgan fingerprint density at radius 2 is 1.58 bits per heavy atom. The third kappa shape index (κ3) is 5.26. The van der Waals surface area contributed by atoms with E-state index in [0.29, 0.717) is 0 Å². The summed E-state index contributed by atoms with van der Waals surface area (Å²) in [6.07, 6.45) is 0. The zero-order valence-corrected chi connectivity index (χ0v) is 19.7. The van der Waals surface area contributed by atoms with E-state index >= 15 is 0 Å². The van der Waals surface area contributed by atoms with Gasteiger partial charge < -0.3 is 10.6 Å². The van der Waals surface area contributed by atoms with Crippen LogP contribution >= 0.6 is 11.8 Å². The fourth-order valence-electron chi connectivity index (χ4n) is 3.60. The first kappa shape index (κ1) is 22.6. The molecular weight excluding hydrogens is 432 g/mol. The van der Waals surface area contributed by atoms with E-state index in [2.05, 4.69) is 27.3 Å². The summed E-state index contributed by atoms with van der Waals surface area (Å²) in [6, 6.07) is 21.9. The number of carbonyl (C=O) groups is 2. The predicted octanol–water partition coefficient (Wildman–Crippen LogP) is 4.80. The van der Waals surface area contributed by atoms with Crippen molar-refractivity contribution in [1.82, 2.24) is 14.9 Å². The number of aryl methyl sites for hydroxylation is 3. The maximum absolute atomic E-state index is 12.5. The average Bonchev–Trinajstić information content (AvgIpc) is 3.18. The maximum Gasteiger partial charge on any atom is 0.243 e. The lowest BCUT2D eigenvalue weighted by Gasteiger charge is -2.12. The van der Waals surface area contributed by atoms with E-state index in [0.717, 1.165) is 38.7 Å². The van der Waals surface area contributed by atoms with Crippen molar-refractivity contribution in [2.45, 2.75) is 25.9 Å². The molecule has 0 fully saturated rings. The van der Waals surface area contributed by atoms with Gasteiger partial charge in [-0.3, -0.25) is 14.2 Å². The van der Waals surface area contributed by atoms with Gasteiger partial charge in [0.05, 0.1) is 23.3 Å². The summed E-state index contributed by atoms with van der Waals surface area (Å²) in [4.78, 5) is 29.5. The molecule has 6 nitrogen and oxygen atoms in total. The molecule has 0 aliphatic carbocycles. The first-order valence-corrected chi connectivity index (χ1v) is 11.7. The van der Waals surface area contributed by atoms with Crippen LogP contribution in [0.4, 0.5) is 5.69 Å². The van der Waals surface area contributed by atoms with Crippen LogP contribution < -0.4 is 10.6 Å². The number of anilines is 1. The van der Waals surface area contributed by atoms with Crippen molar-refractivity contribution in [3.05, 3.63) is 83.4 Å². The van der Waals surface area contributed by atoms with Gasteiger partial charge in [0.15, 0.2) is 5.16 Å². The highest BCUT2D eigenvalue weighted by atomic mass is 32.2. The zero-order valence-electron chi connectivity index (χ0n) is 18.9. The number of para-hydroxylation sites is 3. The van der Waals surface area contributed by atoms with E-state index in [-0.39, 0.29) is 24.1 Å². The van der Waals surface area contributed by atoms with Crippen LogP contribution in [0.5, 0.6) is 0 Å². The Morgan fingerprint density at radius 1 is 0.879 bits per heavy atom. The van der Waals surface area contributed by atoms with Gasteiger partial charge in [-0.25, -0.2) is 4.98 Å². The monoisotopic (exact) mass is 458 g/mol. The second kappa shape index (κ2) is 9.92. The number of thioether (sulfide) groups is 1. The lowest BCUT2D eigenvalue weighted by Crippen LogP contribution is -2.34. The molecule has 0 radical (unpaired) electrons. The fourth-order valence-corrected chi connectivity index (χ4v) is 4.46. The number of aromatic nitrogens is 2. The molecule has 0 aliphatic heterocycles. The van der Waals surface area contributed by atoms with E-state index in [1.807, 2.05) is 75.4 Å². The van der Waals surface area contributed by atoms with E-state index in [9.17, 15) is 9.59 Å². The summed E-state index contributed by atoms with van der Waals surface area (Å²) in [5.74, 6) is -0.317. The van der Waals surface area contributed by atoms with Crippen LogP contribution in [0.2, 0.25) is 0 Å². The number of fused-ring (bicyclic) bond motifs is 1. The van der Waals surface area contributed by atoms with Crippen molar-refractivity contribution in [1.29, 1.82) is 0 Å². The number of benzene rings is 3. The fraction of sp³-hybridized carbons (Fsp3) is 0.192. The molecule has 33 heavy (non-hydrogen) atoms. The first-order valence-electron chi connectivity index (χ1n) is 10.7. The number of carbonyl (C=O) groups excluding carboxylic acids is 2. The number of nitrogens with one attached hydrogen (secondary N) is 2. The highest BCUT2D eigenvalue weighted by Gasteiger charge is 2.15. The van der Waals surface area contributed by atoms with Gasteiger partial charge in [0.2, 0.25) is 11.8 Å². The number of nitrogens with zero attached hydrogens (tertiary/aromatic N) is 2. The summed E-state index contributed by atoms with van der Waals surface area (Å²) in [7, 11) is 0. The SMILES string of the molecule is Cc1ccc(-n2c(SCC(=O)NCC(=O)Nc3c(C)cccc3C)nc3ccccc32)cc1. The average molecular weight is 459 g/mol. The van der Waals surface area contributed by atoms with Crippen LogP contribution in [-0.2, 0) is 9.59 Å². The summed E-state index contributed by atoms with van der Waals surface area (Å²) in [5, 5.41) is 6.32. The van der Waals surface area contributed by atoms with Crippen molar-refractivity contribution in [3.8, 4) is 5.69 Å². The van der Waals surface area contributed by atoms with E-state index in [1.165, 1.54) is 17.3 Å². The highest BCUT2D eigenvalue weighted by Crippen LogP contribution is 2.28. The van der Waals surface area contributed by atoms with Crippen molar-refractivity contribution in [3.63, 3.8) is 0 Å². The Balaban J connectivity index is 1.41. The Kier molecular flexibility index (Phi) is 6.79. The minimum atomic E-state index is -0.252. The predicted molar refractivity (Wildman–Crippen MR) is 134 cm³/mol.